The van der Waals surface area contributed by atoms with Crippen LogP contribution in [0.1, 0.15) is 50.0 Å². The summed E-state index contributed by atoms with van der Waals surface area (Å²) < 4.78 is 27.2. The van der Waals surface area contributed by atoms with Gasteiger partial charge in [-0.25, -0.2) is 4.39 Å². The smallest absolute Gasteiger partial charge is 0.150 e. The fourth-order valence-corrected chi connectivity index (χ4v) is 5.22. The van der Waals surface area contributed by atoms with Crippen molar-refractivity contribution < 1.29 is 24.1 Å². The van der Waals surface area contributed by atoms with Gasteiger partial charge >= 0.3 is 0 Å². The van der Waals surface area contributed by atoms with Crippen molar-refractivity contribution in [2.75, 3.05) is 19.7 Å². The molecule has 188 valence electrons. The molecule has 0 spiro atoms. The molecule has 0 radical (unpaired) electrons. The summed E-state index contributed by atoms with van der Waals surface area (Å²) >= 11 is 0. The Labute approximate surface area is 211 Å². The van der Waals surface area contributed by atoms with E-state index in [1.807, 2.05) is 31.2 Å². The minimum atomic E-state index is -0.539. The Hall–Kier alpha value is -3.51. The highest BCUT2D eigenvalue weighted by molar-refractivity contribution is 5.95. The Bertz CT molecular complexity index is 1270. The molecule has 36 heavy (non-hydrogen) atoms. The van der Waals surface area contributed by atoms with Crippen molar-refractivity contribution in [3.05, 3.63) is 83.2 Å². The van der Waals surface area contributed by atoms with E-state index >= 15 is 0 Å². The van der Waals surface area contributed by atoms with Crippen molar-refractivity contribution in [1.29, 1.82) is 0 Å². The van der Waals surface area contributed by atoms with E-state index in [2.05, 4.69) is 18.7 Å². The van der Waals surface area contributed by atoms with Crippen LogP contribution in [-0.4, -0.2) is 40.9 Å². The number of hydrogen-bond donors (Lipinski definition) is 2. The number of ether oxygens (including phenoxy) is 2. The summed E-state index contributed by atoms with van der Waals surface area (Å²) in [7, 11) is 0. The van der Waals surface area contributed by atoms with Crippen LogP contribution >= 0.6 is 0 Å². The van der Waals surface area contributed by atoms with Gasteiger partial charge in [-0.2, -0.15) is 0 Å². The Kier molecular flexibility index (Phi) is 6.63. The van der Waals surface area contributed by atoms with Crippen LogP contribution in [-0.2, 0) is 0 Å². The summed E-state index contributed by atoms with van der Waals surface area (Å²) in [5.41, 5.74) is 3.55. The van der Waals surface area contributed by atoms with Crippen molar-refractivity contribution in [3.63, 3.8) is 0 Å². The molecule has 5 nitrogen and oxygen atoms in total. The van der Waals surface area contributed by atoms with Gasteiger partial charge in [-0.1, -0.05) is 31.2 Å². The first kappa shape index (κ1) is 24.2. The second kappa shape index (κ2) is 9.86. The van der Waals surface area contributed by atoms with E-state index in [0.717, 1.165) is 53.1 Å². The van der Waals surface area contributed by atoms with E-state index < -0.39 is 11.9 Å². The summed E-state index contributed by atoms with van der Waals surface area (Å²) in [6.45, 7) is 9.20. The van der Waals surface area contributed by atoms with E-state index in [1.54, 1.807) is 24.3 Å². The van der Waals surface area contributed by atoms with Gasteiger partial charge in [0.2, 0.25) is 0 Å². The van der Waals surface area contributed by atoms with Crippen LogP contribution in [0.25, 0.3) is 11.1 Å². The van der Waals surface area contributed by atoms with Gasteiger partial charge in [0, 0.05) is 30.3 Å². The van der Waals surface area contributed by atoms with E-state index in [-0.39, 0.29) is 11.5 Å². The SMILES string of the molecule is CC1=C(c2ccc(O)cc2)C(c2ccc(OC[C@H](C)N3CC[C@@H](C)C3)cc2)Oc2cc(O)cc(F)c21. The van der Waals surface area contributed by atoms with E-state index in [1.165, 1.54) is 12.5 Å². The Balaban J connectivity index is 1.43. The molecule has 3 aromatic rings. The summed E-state index contributed by atoms with van der Waals surface area (Å²) in [6.07, 6.45) is 0.712. The van der Waals surface area contributed by atoms with Crippen molar-refractivity contribution in [2.24, 2.45) is 5.92 Å². The lowest BCUT2D eigenvalue weighted by Crippen LogP contribution is -2.35. The van der Waals surface area contributed by atoms with Gasteiger partial charge < -0.3 is 19.7 Å². The van der Waals surface area contributed by atoms with Crippen LogP contribution in [0.4, 0.5) is 4.39 Å². The van der Waals surface area contributed by atoms with Crippen LogP contribution < -0.4 is 9.47 Å². The first-order valence-electron chi connectivity index (χ1n) is 12.5. The number of aromatic hydroxyl groups is 2. The molecule has 0 saturated carbocycles. The molecule has 0 amide bonds. The van der Waals surface area contributed by atoms with Crippen molar-refractivity contribution in [3.8, 4) is 23.0 Å². The standard InChI is InChI=1S/C30H32FNO4/c1-18-12-13-32(16-18)19(2)17-35-25-10-6-22(7-11-25)30-28(21-4-8-23(33)9-5-21)20(3)29-26(31)14-24(34)15-27(29)36-30/h4-11,14-15,18-19,30,33-34H,12-13,16-17H2,1-3H3/t18-,19+,30?/m1/s1. The number of nitrogens with zero attached hydrogens (tertiary/aromatic N) is 1. The number of fused-ring (bicyclic) bond motifs is 1. The zero-order valence-corrected chi connectivity index (χ0v) is 20.9. The highest BCUT2D eigenvalue weighted by atomic mass is 19.1. The minimum Gasteiger partial charge on any atom is -0.508 e. The average molecular weight is 490 g/mol. The number of halogens is 1. The molecule has 1 unspecified atom stereocenters. The van der Waals surface area contributed by atoms with Crippen molar-refractivity contribution >= 4 is 11.1 Å². The molecular formula is C30H32FNO4. The largest absolute Gasteiger partial charge is 0.508 e. The lowest BCUT2D eigenvalue weighted by Gasteiger charge is -2.31. The van der Waals surface area contributed by atoms with Gasteiger partial charge in [0.25, 0.3) is 0 Å². The molecule has 1 fully saturated rings. The third kappa shape index (κ3) is 4.78. The molecule has 2 aliphatic heterocycles. The van der Waals surface area contributed by atoms with Gasteiger partial charge in [-0.05, 0) is 73.7 Å². The molecule has 2 aliphatic rings. The molecule has 3 aromatic carbocycles. The maximum Gasteiger partial charge on any atom is 0.150 e. The van der Waals surface area contributed by atoms with Gasteiger partial charge in [-0.3, -0.25) is 4.90 Å². The van der Waals surface area contributed by atoms with Crippen LogP contribution in [0.15, 0.2) is 60.7 Å². The predicted molar refractivity (Wildman–Crippen MR) is 139 cm³/mol. The Morgan fingerprint density at radius 3 is 2.44 bits per heavy atom. The number of rotatable bonds is 6. The maximum atomic E-state index is 14.9. The second-order valence-electron chi connectivity index (χ2n) is 10.0. The summed E-state index contributed by atoms with van der Waals surface area (Å²) in [6, 6.07) is 17.5. The van der Waals surface area contributed by atoms with Crippen LogP contribution in [0, 0.1) is 11.7 Å². The fourth-order valence-electron chi connectivity index (χ4n) is 5.22. The zero-order valence-electron chi connectivity index (χ0n) is 20.9. The molecule has 2 N–H and O–H groups in total. The van der Waals surface area contributed by atoms with Gasteiger partial charge in [0.15, 0.2) is 0 Å². The zero-order chi connectivity index (χ0) is 25.4. The molecule has 1 saturated heterocycles. The second-order valence-corrected chi connectivity index (χ2v) is 10.0. The first-order chi connectivity index (χ1) is 17.3. The highest BCUT2D eigenvalue weighted by Crippen LogP contribution is 2.48. The summed E-state index contributed by atoms with van der Waals surface area (Å²) in [5, 5.41) is 19.8. The topological polar surface area (TPSA) is 62.2 Å². The lowest BCUT2D eigenvalue weighted by atomic mass is 9.86. The van der Waals surface area contributed by atoms with Crippen LogP contribution in [0.5, 0.6) is 23.0 Å². The van der Waals surface area contributed by atoms with E-state index in [0.29, 0.717) is 24.0 Å². The number of hydrogen-bond acceptors (Lipinski definition) is 5. The number of benzene rings is 3. The van der Waals surface area contributed by atoms with Crippen LogP contribution in [0.2, 0.25) is 0 Å². The van der Waals surface area contributed by atoms with Crippen LogP contribution in [0.3, 0.4) is 0 Å². The molecule has 0 bridgehead atoms. The maximum absolute atomic E-state index is 14.9. The highest BCUT2D eigenvalue weighted by Gasteiger charge is 2.31. The molecule has 5 rings (SSSR count). The fraction of sp³-hybridized carbons (Fsp3) is 0.333. The number of phenolic OH excluding ortho intramolecular Hbond substituents is 2. The number of phenols is 2. The minimum absolute atomic E-state index is 0.154. The average Bonchev–Trinajstić information content (AvgIpc) is 3.29. The van der Waals surface area contributed by atoms with E-state index in [4.69, 9.17) is 9.47 Å². The van der Waals surface area contributed by atoms with Crippen molar-refractivity contribution in [2.45, 2.75) is 39.3 Å². The number of allylic oxidation sites excluding steroid dienone is 1. The molecule has 3 atom stereocenters. The first-order valence-corrected chi connectivity index (χ1v) is 12.5. The molecular weight excluding hydrogens is 457 g/mol. The monoisotopic (exact) mass is 489 g/mol. The number of likely N-dealkylation sites (tertiary alicyclic amines) is 1. The summed E-state index contributed by atoms with van der Waals surface area (Å²) in [5.74, 6) is 1.25. The predicted octanol–water partition coefficient (Wildman–Crippen LogP) is 6.41. The van der Waals surface area contributed by atoms with Gasteiger partial charge in [-0.15, -0.1) is 0 Å². The van der Waals surface area contributed by atoms with Crippen molar-refractivity contribution in [1.82, 2.24) is 4.90 Å². The molecule has 0 aliphatic carbocycles. The summed E-state index contributed by atoms with van der Waals surface area (Å²) in [4.78, 5) is 2.47. The Morgan fingerprint density at radius 2 is 1.78 bits per heavy atom. The van der Waals surface area contributed by atoms with Gasteiger partial charge in [0.05, 0.1) is 5.56 Å². The van der Waals surface area contributed by atoms with E-state index in [9.17, 15) is 14.6 Å². The molecule has 2 heterocycles. The molecule has 0 aromatic heterocycles. The normalized spacial score (nSPS) is 20.7. The lowest BCUT2D eigenvalue weighted by molar-refractivity contribution is 0.169. The third-order valence-electron chi connectivity index (χ3n) is 7.26. The Morgan fingerprint density at radius 1 is 1.06 bits per heavy atom. The third-order valence-corrected chi connectivity index (χ3v) is 7.26. The van der Waals surface area contributed by atoms with Gasteiger partial charge in [0.1, 0.15) is 41.5 Å². The molecule has 6 heteroatoms. The quantitative estimate of drug-likeness (QED) is 0.419.